The maximum atomic E-state index is 13.2. The van der Waals surface area contributed by atoms with E-state index in [0.29, 0.717) is 12.1 Å². The molecule has 1 rings (SSSR count). The molecule has 0 aliphatic rings. The van der Waals surface area contributed by atoms with Crippen molar-refractivity contribution < 1.29 is 14.2 Å². The number of phenolic OH excluding ortho intramolecular Hbond substituents is 1. The predicted molar refractivity (Wildman–Crippen MR) is 52.7 cm³/mol. The molecule has 1 aromatic carbocycles. The molecular formula is C10H12FNO2. The van der Waals surface area contributed by atoms with Crippen molar-refractivity contribution in [3.8, 4) is 11.5 Å². The third-order valence-electron chi connectivity index (χ3n) is 1.70. The lowest BCUT2D eigenvalue weighted by atomic mass is 10.2. The molecule has 4 heteroatoms. The minimum absolute atomic E-state index is 0.144. The van der Waals surface area contributed by atoms with Crippen molar-refractivity contribution in [1.82, 2.24) is 0 Å². The van der Waals surface area contributed by atoms with Gasteiger partial charge in [-0.3, -0.25) is 0 Å². The van der Waals surface area contributed by atoms with Crippen LogP contribution in [-0.2, 0) is 0 Å². The van der Waals surface area contributed by atoms with Gasteiger partial charge in [-0.25, -0.2) is 4.39 Å². The maximum Gasteiger partial charge on any atom is 0.196 e. The molecule has 0 radical (unpaired) electrons. The van der Waals surface area contributed by atoms with Gasteiger partial charge in [0.2, 0.25) is 0 Å². The molecule has 0 saturated carbocycles. The highest BCUT2D eigenvalue weighted by Gasteiger charge is 2.08. The van der Waals surface area contributed by atoms with E-state index >= 15 is 0 Å². The first-order valence-corrected chi connectivity index (χ1v) is 4.12. The first kappa shape index (κ1) is 10.5. The fourth-order valence-corrected chi connectivity index (χ4v) is 1.10. The number of benzene rings is 1. The van der Waals surface area contributed by atoms with E-state index in [-0.39, 0.29) is 11.5 Å². The standard InChI is InChI=1S/C10H12FNO2/c1-14-10-8(11)5-7(3-2-4-12)6-9(10)13/h2-3,5-6,13H,4,12H2,1H3/b3-2+. The smallest absolute Gasteiger partial charge is 0.196 e. The van der Waals surface area contributed by atoms with Crippen LogP contribution in [0.2, 0.25) is 0 Å². The Morgan fingerprint density at radius 3 is 2.79 bits per heavy atom. The van der Waals surface area contributed by atoms with Gasteiger partial charge in [0.15, 0.2) is 17.3 Å². The molecule has 0 spiro atoms. The first-order chi connectivity index (χ1) is 6.69. The Bertz CT molecular complexity index is 327. The fourth-order valence-electron chi connectivity index (χ4n) is 1.10. The van der Waals surface area contributed by atoms with E-state index in [9.17, 15) is 9.50 Å². The van der Waals surface area contributed by atoms with E-state index in [1.165, 1.54) is 19.2 Å². The number of hydrogen-bond acceptors (Lipinski definition) is 3. The van der Waals surface area contributed by atoms with Crippen LogP contribution in [0, 0.1) is 5.82 Å². The number of hydrogen-bond donors (Lipinski definition) is 2. The average molecular weight is 197 g/mol. The van der Waals surface area contributed by atoms with E-state index < -0.39 is 5.82 Å². The Hall–Kier alpha value is -1.55. The lowest BCUT2D eigenvalue weighted by Gasteiger charge is -2.05. The van der Waals surface area contributed by atoms with E-state index in [1.807, 2.05) is 0 Å². The molecule has 0 amide bonds. The molecule has 0 aliphatic heterocycles. The minimum atomic E-state index is -0.593. The zero-order chi connectivity index (χ0) is 10.6. The summed E-state index contributed by atoms with van der Waals surface area (Å²) in [5.41, 5.74) is 5.79. The van der Waals surface area contributed by atoms with Crippen molar-refractivity contribution in [2.24, 2.45) is 5.73 Å². The largest absolute Gasteiger partial charge is 0.504 e. The van der Waals surface area contributed by atoms with E-state index in [2.05, 4.69) is 4.74 Å². The van der Waals surface area contributed by atoms with E-state index in [4.69, 9.17) is 5.73 Å². The SMILES string of the molecule is COc1c(O)cc(/C=C/CN)cc1F. The van der Waals surface area contributed by atoms with Gasteiger partial charge in [-0.15, -0.1) is 0 Å². The summed E-state index contributed by atoms with van der Waals surface area (Å²) < 4.78 is 17.8. The van der Waals surface area contributed by atoms with Gasteiger partial charge in [0, 0.05) is 6.54 Å². The number of ether oxygens (including phenoxy) is 1. The highest BCUT2D eigenvalue weighted by atomic mass is 19.1. The van der Waals surface area contributed by atoms with Crippen LogP contribution in [0.3, 0.4) is 0 Å². The Balaban J connectivity index is 3.07. The van der Waals surface area contributed by atoms with Crippen LogP contribution in [0.25, 0.3) is 6.08 Å². The summed E-state index contributed by atoms with van der Waals surface area (Å²) in [4.78, 5) is 0. The molecule has 0 fully saturated rings. The van der Waals surface area contributed by atoms with E-state index in [0.717, 1.165) is 0 Å². The topological polar surface area (TPSA) is 55.5 Å². The molecule has 0 atom stereocenters. The van der Waals surface area contributed by atoms with Crippen molar-refractivity contribution in [2.45, 2.75) is 0 Å². The molecule has 0 aromatic heterocycles. The van der Waals surface area contributed by atoms with Gasteiger partial charge < -0.3 is 15.6 Å². The van der Waals surface area contributed by atoms with Crippen LogP contribution in [0.5, 0.6) is 11.5 Å². The molecule has 3 nitrogen and oxygen atoms in total. The first-order valence-electron chi connectivity index (χ1n) is 4.12. The minimum Gasteiger partial charge on any atom is -0.504 e. The van der Waals surface area contributed by atoms with Gasteiger partial charge in [0.1, 0.15) is 0 Å². The summed E-state index contributed by atoms with van der Waals surface area (Å²) in [6.45, 7) is 0.369. The highest BCUT2D eigenvalue weighted by Crippen LogP contribution is 2.30. The highest BCUT2D eigenvalue weighted by molar-refractivity contribution is 5.56. The van der Waals surface area contributed by atoms with Gasteiger partial charge in [0.05, 0.1) is 7.11 Å². The maximum absolute atomic E-state index is 13.2. The number of halogens is 1. The molecule has 0 bridgehead atoms. The van der Waals surface area contributed by atoms with Crippen LogP contribution in [-0.4, -0.2) is 18.8 Å². The fraction of sp³-hybridized carbons (Fsp3) is 0.200. The van der Waals surface area contributed by atoms with E-state index in [1.54, 1.807) is 12.2 Å². The number of aromatic hydroxyl groups is 1. The number of phenols is 1. The molecule has 0 aliphatic carbocycles. The second-order valence-corrected chi connectivity index (χ2v) is 2.69. The molecule has 1 aromatic rings. The monoisotopic (exact) mass is 197 g/mol. The van der Waals surface area contributed by atoms with Gasteiger partial charge >= 0.3 is 0 Å². The van der Waals surface area contributed by atoms with Gasteiger partial charge in [-0.2, -0.15) is 0 Å². The second-order valence-electron chi connectivity index (χ2n) is 2.69. The third-order valence-corrected chi connectivity index (χ3v) is 1.70. The summed E-state index contributed by atoms with van der Waals surface area (Å²) in [5, 5.41) is 9.34. The van der Waals surface area contributed by atoms with Gasteiger partial charge in [-0.1, -0.05) is 12.2 Å². The Morgan fingerprint density at radius 1 is 1.57 bits per heavy atom. The molecule has 0 saturated heterocycles. The van der Waals surface area contributed by atoms with Crippen LogP contribution in [0.15, 0.2) is 18.2 Å². The predicted octanol–water partition coefficient (Wildman–Crippen LogP) is 1.51. The summed E-state index contributed by atoms with van der Waals surface area (Å²) in [6.07, 6.45) is 3.29. The number of rotatable bonds is 3. The Morgan fingerprint density at radius 2 is 2.29 bits per heavy atom. The Kier molecular flexibility index (Phi) is 3.48. The number of nitrogens with two attached hydrogens (primary N) is 1. The molecular weight excluding hydrogens is 185 g/mol. The van der Waals surface area contributed by atoms with Crippen molar-refractivity contribution in [2.75, 3.05) is 13.7 Å². The van der Waals surface area contributed by atoms with Crippen molar-refractivity contribution >= 4 is 6.08 Å². The lowest BCUT2D eigenvalue weighted by Crippen LogP contribution is -1.93. The van der Waals surface area contributed by atoms with Crippen LogP contribution in [0.1, 0.15) is 5.56 Å². The Labute approximate surface area is 81.6 Å². The molecule has 14 heavy (non-hydrogen) atoms. The normalized spacial score (nSPS) is 10.8. The average Bonchev–Trinajstić information content (AvgIpc) is 2.14. The van der Waals surface area contributed by atoms with Crippen LogP contribution in [0.4, 0.5) is 4.39 Å². The van der Waals surface area contributed by atoms with Crippen LogP contribution < -0.4 is 10.5 Å². The summed E-state index contributed by atoms with van der Waals surface area (Å²) in [6, 6.07) is 2.68. The lowest BCUT2D eigenvalue weighted by molar-refractivity contribution is 0.351. The summed E-state index contributed by atoms with van der Waals surface area (Å²) in [5.74, 6) is -0.955. The summed E-state index contributed by atoms with van der Waals surface area (Å²) >= 11 is 0. The van der Waals surface area contributed by atoms with Gasteiger partial charge in [0.25, 0.3) is 0 Å². The third kappa shape index (κ3) is 2.23. The number of methoxy groups -OCH3 is 1. The molecule has 76 valence electrons. The van der Waals surface area contributed by atoms with Crippen molar-refractivity contribution in [1.29, 1.82) is 0 Å². The van der Waals surface area contributed by atoms with Crippen molar-refractivity contribution in [3.05, 3.63) is 29.6 Å². The summed E-state index contributed by atoms with van der Waals surface area (Å²) in [7, 11) is 1.30. The second kappa shape index (κ2) is 4.62. The molecule has 0 heterocycles. The van der Waals surface area contributed by atoms with Gasteiger partial charge in [-0.05, 0) is 17.7 Å². The molecule has 0 unspecified atom stereocenters. The van der Waals surface area contributed by atoms with Crippen LogP contribution >= 0.6 is 0 Å². The van der Waals surface area contributed by atoms with Crippen molar-refractivity contribution in [3.63, 3.8) is 0 Å². The quantitative estimate of drug-likeness (QED) is 0.772. The zero-order valence-corrected chi connectivity index (χ0v) is 7.83. The zero-order valence-electron chi connectivity index (χ0n) is 7.83. The molecule has 3 N–H and O–H groups in total.